The smallest absolute Gasteiger partial charge is 0.253 e. The van der Waals surface area contributed by atoms with Gasteiger partial charge in [-0.3, -0.25) is 4.79 Å². The summed E-state index contributed by atoms with van der Waals surface area (Å²) >= 11 is 1.21. The van der Waals surface area contributed by atoms with Crippen molar-refractivity contribution in [2.75, 3.05) is 11.9 Å². The first-order valence-corrected chi connectivity index (χ1v) is 10.1. The van der Waals surface area contributed by atoms with Gasteiger partial charge in [0.05, 0.1) is 11.6 Å². The molecule has 2 heterocycles. The van der Waals surface area contributed by atoms with Crippen LogP contribution in [0.5, 0.6) is 0 Å². The van der Waals surface area contributed by atoms with Crippen LogP contribution in [-0.2, 0) is 14.8 Å². The number of carbonyl (C=O) groups is 1. The summed E-state index contributed by atoms with van der Waals surface area (Å²) in [5.41, 5.74) is 1.04. The van der Waals surface area contributed by atoms with Crippen molar-refractivity contribution < 1.29 is 13.2 Å². The molecule has 6 nitrogen and oxygen atoms in total. The molecule has 1 N–H and O–H groups in total. The Labute approximate surface area is 150 Å². The zero-order valence-corrected chi connectivity index (χ0v) is 15.2. The molecule has 3 rings (SSSR count). The first-order valence-electron chi connectivity index (χ1n) is 7.81. The van der Waals surface area contributed by atoms with Gasteiger partial charge in [-0.15, -0.1) is 11.3 Å². The molecule has 1 unspecified atom stereocenters. The topological polar surface area (TPSA) is 90.3 Å². The van der Waals surface area contributed by atoms with Crippen molar-refractivity contribution in [3.63, 3.8) is 0 Å². The summed E-state index contributed by atoms with van der Waals surface area (Å²) in [5, 5.41) is 11.6. The third-order valence-corrected chi connectivity index (χ3v) is 7.44. The Hall–Kier alpha value is -2.21. The fraction of sp³-hybridized carbons (Fsp3) is 0.294. The van der Waals surface area contributed by atoms with Gasteiger partial charge in [-0.25, -0.2) is 8.42 Å². The highest BCUT2D eigenvalue weighted by Crippen LogP contribution is 2.30. The predicted octanol–water partition coefficient (Wildman–Crippen LogP) is 2.72. The highest BCUT2D eigenvalue weighted by Gasteiger charge is 2.40. The standard InChI is InChI=1S/C17H17N3O3S2/c1-12-4-9-16(24-12)25(22,23)20-10-2-3-15(20)17(21)19-14-7-5-13(11-18)6-8-14/h4-9,15H,2-3,10H2,1H3,(H,19,21). The molecule has 1 atom stereocenters. The number of benzene rings is 1. The lowest BCUT2D eigenvalue weighted by atomic mass is 10.2. The number of hydrogen-bond donors (Lipinski definition) is 1. The van der Waals surface area contributed by atoms with Gasteiger partial charge in [0.1, 0.15) is 10.3 Å². The fourth-order valence-electron chi connectivity index (χ4n) is 2.81. The van der Waals surface area contributed by atoms with Gasteiger partial charge in [0.15, 0.2) is 0 Å². The van der Waals surface area contributed by atoms with Gasteiger partial charge in [-0.05, 0) is 56.2 Å². The van der Waals surface area contributed by atoms with Crippen LogP contribution in [0, 0.1) is 18.3 Å². The molecule has 130 valence electrons. The Morgan fingerprint density at radius 2 is 2.00 bits per heavy atom. The maximum atomic E-state index is 12.8. The van der Waals surface area contributed by atoms with Gasteiger partial charge < -0.3 is 5.32 Å². The van der Waals surface area contributed by atoms with Crippen molar-refractivity contribution in [1.29, 1.82) is 5.26 Å². The predicted molar refractivity (Wildman–Crippen MR) is 95.8 cm³/mol. The molecule has 1 aromatic heterocycles. The Balaban J connectivity index is 1.78. The number of sulfonamides is 1. The molecule has 25 heavy (non-hydrogen) atoms. The van der Waals surface area contributed by atoms with E-state index < -0.39 is 16.1 Å². The summed E-state index contributed by atoms with van der Waals surface area (Å²) in [4.78, 5) is 13.5. The van der Waals surface area contributed by atoms with Crippen LogP contribution in [0.15, 0.2) is 40.6 Å². The lowest BCUT2D eigenvalue weighted by molar-refractivity contribution is -0.119. The molecule has 8 heteroatoms. The van der Waals surface area contributed by atoms with Crippen LogP contribution in [0.2, 0.25) is 0 Å². The van der Waals surface area contributed by atoms with E-state index >= 15 is 0 Å². The van der Waals surface area contributed by atoms with E-state index in [9.17, 15) is 13.2 Å². The van der Waals surface area contributed by atoms with Crippen LogP contribution in [0.4, 0.5) is 5.69 Å². The third kappa shape index (κ3) is 3.58. The molecular weight excluding hydrogens is 358 g/mol. The first-order chi connectivity index (χ1) is 11.9. The average Bonchev–Trinajstić information content (AvgIpc) is 3.25. The summed E-state index contributed by atoms with van der Waals surface area (Å²) in [6.45, 7) is 2.19. The quantitative estimate of drug-likeness (QED) is 0.890. The van der Waals surface area contributed by atoms with E-state index in [1.54, 1.807) is 36.4 Å². The molecule has 0 saturated carbocycles. The number of anilines is 1. The minimum Gasteiger partial charge on any atom is -0.325 e. The molecule has 0 spiro atoms. The monoisotopic (exact) mass is 375 g/mol. The molecule has 0 radical (unpaired) electrons. The van der Waals surface area contributed by atoms with E-state index in [-0.39, 0.29) is 10.1 Å². The number of rotatable bonds is 4. The summed E-state index contributed by atoms with van der Waals surface area (Å²) in [5.74, 6) is -0.348. The van der Waals surface area contributed by atoms with E-state index in [0.717, 1.165) is 4.88 Å². The highest BCUT2D eigenvalue weighted by atomic mass is 32.2. The summed E-state index contributed by atoms with van der Waals surface area (Å²) in [6.07, 6.45) is 1.14. The zero-order chi connectivity index (χ0) is 18.0. The lowest BCUT2D eigenvalue weighted by Gasteiger charge is -2.22. The van der Waals surface area contributed by atoms with Crippen molar-refractivity contribution in [2.24, 2.45) is 0 Å². The lowest BCUT2D eigenvalue weighted by Crippen LogP contribution is -2.42. The molecule has 2 aromatic rings. The maximum absolute atomic E-state index is 12.8. The Kier molecular flexibility index (Phi) is 4.90. The Bertz CT molecular complexity index is 927. The van der Waals surface area contributed by atoms with Crippen molar-refractivity contribution in [3.05, 3.63) is 46.8 Å². The summed E-state index contributed by atoms with van der Waals surface area (Å²) in [6, 6.07) is 11.1. The zero-order valence-electron chi connectivity index (χ0n) is 13.6. The van der Waals surface area contributed by atoms with Crippen LogP contribution >= 0.6 is 11.3 Å². The third-order valence-electron chi connectivity index (χ3n) is 4.07. The average molecular weight is 375 g/mol. The van der Waals surface area contributed by atoms with Crippen molar-refractivity contribution in [1.82, 2.24) is 4.31 Å². The van der Waals surface area contributed by atoms with Crippen molar-refractivity contribution in [2.45, 2.75) is 30.0 Å². The first kappa shape index (κ1) is 17.6. The minimum absolute atomic E-state index is 0.267. The van der Waals surface area contributed by atoms with Crippen LogP contribution in [0.3, 0.4) is 0 Å². The number of carbonyl (C=O) groups excluding carboxylic acids is 1. The van der Waals surface area contributed by atoms with E-state index in [1.165, 1.54) is 15.6 Å². The van der Waals surface area contributed by atoms with Crippen molar-refractivity contribution in [3.8, 4) is 6.07 Å². The number of thiophene rings is 1. The van der Waals surface area contributed by atoms with Gasteiger partial charge in [-0.2, -0.15) is 9.57 Å². The van der Waals surface area contributed by atoms with Crippen molar-refractivity contribution >= 4 is 33.0 Å². The fourth-order valence-corrected chi connectivity index (χ4v) is 5.88. The minimum atomic E-state index is -3.67. The second kappa shape index (κ2) is 6.96. The number of aryl methyl sites for hydroxylation is 1. The van der Waals surface area contributed by atoms with Gasteiger partial charge >= 0.3 is 0 Å². The van der Waals surface area contributed by atoms with E-state index in [0.29, 0.717) is 30.6 Å². The number of nitrogens with one attached hydrogen (secondary N) is 1. The number of nitriles is 1. The van der Waals surface area contributed by atoms with E-state index in [1.807, 2.05) is 13.0 Å². The Morgan fingerprint density at radius 3 is 2.60 bits per heavy atom. The van der Waals surface area contributed by atoms with Crippen LogP contribution < -0.4 is 5.32 Å². The SMILES string of the molecule is Cc1ccc(S(=O)(=O)N2CCCC2C(=O)Nc2ccc(C#N)cc2)s1. The second-order valence-corrected chi connectivity index (χ2v) is 9.22. The maximum Gasteiger partial charge on any atom is 0.253 e. The van der Waals surface area contributed by atoms with Crippen LogP contribution in [0.25, 0.3) is 0 Å². The summed E-state index contributed by atoms with van der Waals surface area (Å²) < 4.78 is 27.2. The molecule has 0 bridgehead atoms. The van der Waals surface area contributed by atoms with Gasteiger partial charge in [0, 0.05) is 17.1 Å². The van der Waals surface area contributed by atoms with E-state index in [4.69, 9.17) is 5.26 Å². The molecule has 1 amide bonds. The van der Waals surface area contributed by atoms with Crippen LogP contribution in [-0.4, -0.2) is 31.2 Å². The number of amides is 1. The molecule has 1 aromatic carbocycles. The van der Waals surface area contributed by atoms with Gasteiger partial charge in [0.25, 0.3) is 10.0 Å². The van der Waals surface area contributed by atoms with E-state index in [2.05, 4.69) is 5.32 Å². The van der Waals surface area contributed by atoms with Gasteiger partial charge in [0.2, 0.25) is 5.91 Å². The molecule has 0 aliphatic carbocycles. The van der Waals surface area contributed by atoms with Gasteiger partial charge in [-0.1, -0.05) is 0 Å². The normalized spacial score (nSPS) is 18.0. The largest absolute Gasteiger partial charge is 0.325 e. The molecule has 1 fully saturated rings. The second-order valence-electron chi connectivity index (χ2n) is 5.82. The Morgan fingerprint density at radius 1 is 1.28 bits per heavy atom. The molecule has 1 aliphatic heterocycles. The molecule has 1 saturated heterocycles. The molecule has 1 aliphatic rings. The summed E-state index contributed by atoms with van der Waals surface area (Å²) in [7, 11) is -3.67. The highest BCUT2D eigenvalue weighted by molar-refractivity contribution is 7.91. The molecular formula is C17H17N3O3S2. The van der Waals surface area contributed by atoms with Crippen LogP contribution in [0.1, 0.15) is 23.3 Å². The number of nitrogens with zero attached hydrogens (tertiary/aromatic N) is 2. The number of hydrogen-bond acceptors (Lipinski definition) is 5.